The number of anilines is 1. The first-order chi connectivity index (χ1) is 12.8. The highest BCUT2D eigenvalue weighted by Crippen LogP contribution is 2.39. The first-order valence-corrected chi connectivity index (χ1v) is 9.45. The predicted octanol–water partition coefficient (Wildman–Crippen LogP) is 1.94. The van der Waals surface area contributed by atoms with Gasteiger partial charge in [0.25, 0.3) is 0 Å². The zero-order valence-corrected chi connectivity index (χ0v) is 16.3. The summed E-state index contributed by atoms with van der Waals surface area (Å²) in [7, 11) is 0.599. The number of carbonyl (C=O) groups is 1. The van der Waals surface area contributed by atoms with Gasteiger partial charge in [0.2, 0.25) is 21.7 Å². The molecule has 27 heavy (non-hydrogen) atoms. The molecule has 0 radical (unpaired) electrons. The second-order valence-electron chi connectivity index (χ2n) is 5.60. The number of methoxy groups -OCH3 is 3. The SMILES string of the molecule is COc1cc(NC(=O)CNS(=O)(=O)c2cccc(C)c2)cc(OC)c1OC. The smallest absolute Gasteiger partial charge is 0.241 e. The van der Waals surface area contributed by atoms with Crippen LogP contribution < -0.4 is 24.2 Å². The van der Waals surface area contributed by atoms with Gasteiger partial charge in [-0.3, -0.25) is 4.79 Å². The van der Waals surface area contributed by atoms with Crippen LogP contribution in [0.1, 0.15) is 5.56 Å². The maximum atomic E-state index is 12.3. The van der Waals surface area contributed by atoms with E-state index in [-0.39, 0.29) is 4.90 Å². The van der Waals surface area contributed by atoms with Crippen LogP contribution in [0.3, 0.4) is 0 Å². The van der Waals surface area contributed by atoms with Crippen molar-refractivity contribution in [2.75, 3.05) is 33.2 Å². The Bertz CT molecular complexity index is 902. The van der Waals surface area contributed by atoms with Crippen LogP contribution >= 0.6 is 0 Å². The molecule has 0 fully saturated rings. The van der Waals surface area contributed by atoms with E-state index in [0.717, 1.165) is 5.56 Å². The van der Waals surface area contributed by atoms with Crippen molar-refractivity contribution in [1.82, 2.24) is 4.72 Å². The summed E-state index contributed by atoms with van der Waals surface area (Å²) < 4.78 is 42.5. The summed E-state index contributed by atoms with van der Waals surface area (Å²) in [5.41, 5.74) is 1.18. The molecule has 2 aromatic rings. The van der Waals surface area contributed by atoms with E-state index < -0.39 is 22.5 Å². The topological polar surface area (TPSA) is 103 Å². The first-order valence-electron chi connectivity index (χ1n) is 7.97. The zero-order valence-electron chi connectivity index (χ0n) is 15.5. The van der Waals surface area contributed by atoms with Crippen molar-refractivity contribution >= 4 is 21.6 Å². The van der Waals surface area contributed by atoms with Crippen LogP contribution in [0.4, 0.5) is 5.69 Å². The van der Waals surface area contributed by atoms with Gasteiger partial charge in [-0.1, -0.05) is 12.1 Å². The summed E-state index contributed by atoms with van der Waals surface area (Å²) >= 11 is 0. The van der Waals surface area contributed by atoms with Crippen LogP contribution in [-0.4, -0.2) is 42.2 Å². The quantitative estimate of drug-likeness (QED) is 0.709. The molecule has 9 heteroatoms. The van der Waals surface area contributed by atoms with Crippen molar-refractivity contribution < 1.29 is 27.4 Å². The molecule has 0 atom stereocenters. The molecule has 0 heterocycles. The van der Waals surface area contributed by atoms with Gasteiger partial charge >= 0.3 is 0 Å². The van der Waals surface area contributed by atoms with Gasteiger partial charge in [-0.15, -0.1) is 0 Å². The highest BCUT2D eigenvalue weighted by atomic mass is 32.2. The highest BCUT2D eigenvalue weighted by Gasteiger charge is 2.17. The molecule has 8 nitrogen and oxygen atoms in total. The Morgan fingerprint density at radius 2 is 1.63 bits per heavy atom. The molecule has 0 saturated heterocycles. The van der Waals surface area contributed by atoms with Crippen LogP contribution in [-0.2, 0) is 14.8 Å². The number of aryl methyl sites for hydroxylation is 1. The van der Waals surface area contributed by atoms with E-state index in [1.54, 1.807) is 31.2 Å². The fourth-order valence-electron chi connectivity index (χ4n) is 2.38. The average Bonchev–Trinajstić information content (AvgIpc) is 2.65. The molecule has 0 unspecified atom stereocenters. The third kappa shape index (κ3) is 5.11. The molecule has 1 amide bonds. The van der Waals surface area contributed by atoms with E-state index in [2.05, 4.69) is 10.0 Å². The van der Waals surface area contributed by atoms with Crippen molar-refractivity contribution in [3.63, 3.8) is 0 Å². The fraction of sp³-hybridized carbons (Fsp3) is 0.278. The number of hydrogen-bond acceptors (Lipinski definition) is 6. The van der Waals surface area contributed by atoms with Crippen molar-refractivity contribution in [3.05, 3.63) is 42.0 Å². The lowest BCUT2D eigenvalue weighted by atomic mass is 10.2. The number of sulfonamides is 1. The van der Waals surface area contributed by atoms with Gasteiger partial charge in [-0.25, -0.2) is 13.1 Å². The van der Waals surface area contributed by atoms with E-state index in [1.807, 2.05) is 0 Å². The predicted molar refractivity (Wildman–Crippen MR) is 101 cm³/mol. The lowest BCUT2D eigenvalue weighted by molar-refractivity contribution is -0.115. The molecule has 2 rings (SSSR count). The lowest BCUT2D eigenvalue weighted by Gasteiger charge is -2.14. The summed E-state index contributed by atoms with van der Waals surface area (Å²) in [6, 6.07) is 9.52. The van der Waals surface area contributed by atoms with Gasteiger partial charge in [0.1, 0.15) is 0 Å². The lowest BCUT2D eigenvalue weighted by Crippen LogP contribution is -2.32. The van der Waals surface area contributed by atoms with Crippen LogP contribution in [0, 0.1) is 6.92 Å². The molecule has 2 aromatic carbocycles. The summed E-state index contributed by atoms with van der Waals surface area (Å²) in [6.45, 7) is 1.36. The van der Waals surface area contributed by atoms with Crippen LogP contribution in [0.15, 0.2) is 41.3 Å². The Balaban J connectivity index is 2.10. The van der Waals surface area contributed by atoms with Gasteiger partial charge in [0.15, 0.2) is 11.5 Å². The Kier molecular flexibility index (Phi) is 6.65. The molecular weight excluding hydrogens is 372 g/mol. The molecule has 2 N–H and O–H groups in total. The minimum Gasteiger partial charge on any atom is -0.493 e. The van der Waals surface area contributed by atoms with Crippen LogP contribution in [0.25, 0.3) is 0 Å². The molecule has 0 aromatic heterocycles. The molecule has 0 saturated carbocycles. The van der Waals surface area contributed by atoms with Gasteiger partial charge < -0.3 is 19.5 Å². The highest BCUT2D eigenvalue weighted by molar-refractivity contribution is 7.89. The van der Waals surface area contributed by atoms with Gasteiger partial charge in [0, 0.05) is 17.8 Å². The van der Waals surface area contributed by atoms with E-state index >= 15 is 0 Å². The molecule has 146 valence electrons. The Hall–Kier alpha value is -2.78. The monoisotopic (exact) mass is 394 g/mol. The van der Waals surface area contributed by atoms with Crippen molar-refractivity contribution in [3.8, 4) is 17.2 Å². The van der Waals surface area contributed by atoms with E-state index in [4.69, 9.17) is 14.2 Å². The second kappa shape index (κ2) is 8.74. The molecule has 0 aliphatic heterocycles. The minimum absolute atomic E-state index is 0.100. The molecular formula is C18H22N2O6S. The summed E-state index contributed by atoms with van der Waals surface area (Å²) in [4.78, 5) is 12.3. The standard InChI is InChI=1S/C18H22N2O6S/c1-12-6-5-7-14(8-12)27(22,23)19-11-17(21)20-13-9-15(24-2)18(26-4)16(10-13)25-3/h5-10,19H,11H2,1-4H3,(H,20,21). The summed E-state index contributed by atoms with van der Waals surface area (Å²) in [6.07, 6.45) is 0. The number of hydrogen-bond donors (Lipinski definition) is 2. The fourth-order valence-corrected chi connectivity index (χ4v) is 3.47. The summed E-state index contributed by atoms with van der Waals surface area (Å²) in [5.74, 6) is 0.582. The molecule has 0 aliphatic carbocycles. The maximum Gasteiger partial charge on any atom is 0.241 e. The van der Waals surface area contributed by atoms with Crippen molar-refractivity contribution in [1.29, 1.82) is 0 Å². The number of carbonyl (C=O) groups excluding carboxylic acids is 1. The zero-order chi connectivity index (χ0) is 20.0. The maximum absolute atomic E-state index is 12.3. The van der Waals surface area contributed by atoms with Crippen molar-refractivity contribution in [2.24, 2.45) is 0 Å². The number of amides is 1. The number of nitrogens with one attached hydrogen (secondary N) is 2. The number of rotatable bonds is 8. The normalized spacial score (nSPS) is 11.0. The van der Waals surface area contributed by atoms with Gasteiger partial charge in [0.05, 0.1) is 32.8 Å². The van der Waals surface area contributed by atoms with E-state index in [0.29, 0.717) is 22.9 Å². The largest absolute Gasteiger partial charge is 0.493 e. The molecule has 0 bridgehead atoms. The number of ether oxygens (including phenoxy) is 3. The average molecular weight is 394 g/mol. The van der Waals surface area contributed by atoms with Gasteiger partial charge in [-0.05, 0) is 24.6 Å². The first kappa shape index (κ1) is 20.5. The third-order valence-electron chi connectivity index (χ3n) is 3.67. The Labute approximate surface area is 158 Å². The molecule has 0 aliphatic rings. The minimum atomic E-state index is -3.79. The number of benzene rings is 2. The van der Waals surface area contributed by atoms with Crippen molar-refractivity contribution in [2.45, 2.75) is 11.8 Å². The van der Waals surface area contributed by atoms with Gasteiger partial charge in [-0.2, -0.15) is 0 Å². The Morgan fingerprint density at radius 1 is 1.00 bits per heavy atom. The Morgan fingerprint density at radius 3 is 2.15 bits per heavy atom. The second-order valence-corrected chi connectivity index (χ2v) is 7.37. The third-order valence-corrected chi connectivity index (χ3v) is 5.07. The molecule has 0 spiro atoms. The van der Waals surface area contributed by atoms with Crippen LogP contribution in [0.5, 0.6) is 17.2 Å². The van der Waals surface area contributed by atoms with Crippen LogP contribution in [0.2, 0.25) is 0 Å². The summed E-state index contributed by atoms with van der Waals surface area (Å²) in [5, 5.41) is 2.60. The van der Waals surface area contributed by atoms with E-state index in [9.17, 15) is 13.2 Å². The van der Waals surface area contributed by atoms with E-state index in [1.165, 1.54) is 33.5 Å².